The van der Waals surface area contributed by atoms with E-state index < -0.39 is 34.2 Å². The van der Waals surface area contributed by atoms with Gasteiger partial charge in [0.1, 0.15) is 22.7 Å². The molecule has 4 spiro atoms. The van der Waals surface area contributed by atoms with Crippen LogP contribution >= 0.6 is 50.8 Å². The van der Waals surface area contributed by atoms with Crippen molar-refractivity contribution in [3.63, 3.8) is 0 Å². The molecule has 13 heteroatoms. The van der Waals surface area contributed by atoms with Crippen molar-refractivity contribution in [2.45, 2.75) is 186 Å². The summed E-state index contributed by atoms with van der Waals surface area (Å²) in [6.45, 7) is 7.01. The molecule has 4 fully saturated rings. The SMILES string of the molecule is CCC[CH2][Sn]([C]#CC1CC1)([CH2]CCC)[CH2]CCC.COC1CCC2(CC1)Cc1ccc(Br)cc1C21N=C(N)c2ccccc21.COC1CCC2(CC1)Cc1ccc(C#CC3CC3)cc1C21N=C(N)c2ccccc21.[Cl][Pd][Cl].c1ccc(P(c2ccccc2)c2ccccc2)cc1.c1ccc(P(c2ccccc2)c2ccccc2)cc1. The summed E-state index contributed by atoms with van der Waals surface area (Å²) in [5, 5.41) is 8.39. The minimum absolute atomic E-state index is 0.0597. The predicted octanol–water partition coefficient (Wildman–Crippen LogP) is 23.1. The van der Waals surface area contributed by atoms with E-state index in [1.165, 1.54) is 129 Å². The normalized spacial score (nSPS) is 21.4. The number of methoxy groups -OCH3 is 2. The number of amidine groups is 2. The van der Waals surface area contributed by atoms with Gasteiger partial charge >= 0.3 is 155 Å². The Bertz CT molecular complexity index is 4650. The molecular formula is C102H113BrCl2N4O2P2PdSn. The summed E-state index contributed by atoms with van der Waals surface area (Å²) in [6.07, 6.45) is 25.3. The third-order valence-corrected chi connectivity index (χ3v) is 43.5. The fourth-order valence-corrected chi connectivity index (χ4v) is 37.3. The van der Waals surface area contributed by atoms with Gasteiger partial charge in [-0.2, -0.15) is 0 Å². The Labute approximate surface area is 718 Å². The second-order valence-corrected chi connectivity index (χ2v) is 52.4. The van der Waals surface area contributed by atoms with Crippen LogP contribution in [0, 0.1) is 44.4 Å². The van der Waals surface area contributed by atoms with Gasteiger partial charge in [0.05, 0.1) is 12.2 Å². The first-order valence-electron chi connectivity index (χ1n) is 42.0. The third kappa shape index (κ3) is 20.2. The predicted molar refractivity (Wildman–Crippen MR) is 494 cm³/mol. The van der Waals surface area contributed by atoms with Gasteiger partial charge in [-0.3, -0.25) is 9.98 Å². The van der Waals surface area contributed by atoms with Crippen LogP contribution in [-0.2, 0) is 49.3 Å². The van der Waals surface area contributed by atoms with E-state index in [0.29, 0.717) is 29.8 Å². The average molecular weight is 1860 g/mol. The summed E-state index contributed by atoms with van der Waals surface area (Å²) in [5.41, 5.74) is 23.8. The standard InChI is InChI=1S/C27H28N2O.C22H23BrN2O.2C18H15P.C5H5.3C4H9.2ClH.Pd.Sn/c1-30-21-12-14-26(15-13-21)17-20-11-10-19(9-8-18-6-7-18)16-24(20)27(26)23-5-3-2-4-22(23)25(28)29-27;1-26-16-8-10-21(11-9-16)13-14-6-7-15(23)12-19(14)22(21)18-5-3-2-4-17(18)20(24)25-22;2*1-4-10-16(11-5-1)19(17-12-6-2-7-13-17)18-14-8-3-9-15-18;1-2-5-3-4-5;3*1-3-4-2;;;;/h2-5,10-11,16,18,21H,6-7,12-15,17H2,1H3,(H2,28,29);2-7,12,16H,8-11,13H2,1H3,(H2,24,25);2*1-15H;5H,3-4H2;3*1,3-4H2,2H3;2*1H;;/q;;;;;;;;;;+2;/p-2. The van der Waals surface area contributed by atoms with E-state index in [1.54, 1.807) is 13.3 Å². The van der Waals surface area contributed by atoms with Crippen LogP contribution in [0.15, 0.2) is 281 Å². The summed E-state index contributed by atoms with van der Waals surface area (Å²) < 4.78 is 21.1. The molecule has 0 bridgehead atoms. The van der Waals surface area contributed by atoms with Crippen LogP contribution in [0.25, 0.3) is 0 Å². The first kappa shape index (κ1) is 86.4. The second kappa shape index (κ2) is 41.5. The van der Waals surface area contributed by atoms with Crippen LogP contribution in [0.1, 0.15) is 186 Å². The number of hydrogen-bond acceptors (Lipinski definition) is 6. The molecule has 10 aromatic rings. The number of benzene rings is 10. The minimum atomic E-state index is -2.07. The summed E-state index contributed by atoms with van der Waals surface area (Å²) in [7, 11) is 12.4. The number of nitrogens with two attached hydrogens (primary N) is 2. The molecule has 0 saturated heterocycles. The summed E-state index contributed by atoms with van der Waals surface area (Å²) in [5.74, 6) is 13.3. The third-order valence-electron chi connectivity index (χ3n) is 25.0. The maximum atomic E-state index is 6.54. The average Bonchev–Trinajstić information content (AvgIpc) is 1.57. The Hall–Kier alpha value is -6.44. The van der Waals surface area contributed by atoms with E-state index >= 15 is 0 Å². The van der Waals surface area contributed by atoms with Crippen LogP contribution in [-0.4, -0.2) is 56.5 Å². The van der Waals surface area contributed by atoms with E-state index in [4.69, 9.17) is 50.0 Å². The van der Waals surface area contributed by atoms with E-state index in [-0.39, 0.29) is 37.8 Å². The van der Waals surface area contributed by atoms with Gasteiger partial charge in [-0.1, -0.05) is 270 Å². The molecule has 8 aliphatic rings. The molecule has 115 heavy (non-hydrogen) atoms. The van der Waals surface area contributed by atoms with Gasteiger partial charge < -0.3 is 20.9 Å². The van der Waals surface area contributed by atoms with Crippen molar-refractivity contribution in [2.24, 2.45) is 44.1 Å². The van der Waals surface area contributed by atoms with Gasteiger partial charge in [0, 0.05) is 52.1 Å². The Morgan fingerprint density at radius 2 is 0.748 bits per heavy atom. The number of rotatable bonds is 17. The van der Waals surface area contributed by atoms with Crippen molar-refractivity contribution < 1.29 is 25.4 Å². The zero-order chi connectivity index (χ0) is 80.1. The summed E-state index contributed by atoms with van der Waals surface area (Å²) in [6, 6.07) is 95.3. The Morgan fingerprint density at radius 1 is 0.426 bits per heavy atom. The summed E-state index contributed by atoms with van der Waals surface area (Å²) >= 11 is 1.51. The van der Waals surface area contributed by atoms with E-state index in [9.17, 15) is 0 Å². The van der Waals surface area contributed by atoms with Crippen molar-refractivity contribution in [1.82, 2.24) is 0 Å². The number of ether oxygens (including phenoxy) is 2. The van der Waals surface area contributed by atoms with Gasteiger partial charge in [0.2, 0.25) is 0 Å². The molecule has 2 heterocycles. The van der Waals surface area contributed by atoms with Crippen molar-refractivity contribution in [3.8, 4) is 21.7 Å². The van der Waals surface area contributed by atoms with Crippen LogP contribution in [0.3, 0.4) is 0 Å². The zero-order valence-electron chi connectivity index (χ0n) is 67.7. The van der Waals surface area contributed by atoms with Gasteiger partial charge in [0.15, 0.2) is 0 Å². The molecule has 6 aliphatic carbocycles. The first-order chi connectivity index (χ1) is 56.3. The Balaban J connectivity index is 0.000000126. The number of aliphatic imine (C=N–C) groups is 2. The fourth-order valence-electron chi connectivity index (χ4n) is 18.8. The molecule has 2 unspecified atom stereocenters. The van der Waals surface area contributed by atoms with E-state index in [1.807, 2.05) is 14.2 Å². The fraction of sp³-hybridized carbons (Fsp3) is 0.353. The van der Waals surface area contributed by atoms with Gasteiger partial charge in [0.25, 0.3) is 0 Å². The molecule has 18 rings (SSSR count). The number of nitrogens with zero attached hydrogens (tertiary/aromatic N) is 2. The molecule has 0 aromatic heterocycles. The molecule has 0 radical (unpaired) electrons. The molecule has 10 aromatic carbocycles. The maximum absolute atomic E-state index is 6.54. The molecule has 2 atom stereocenters. The van der Waals surface area contributed by atoms with Gasteiger partial charge in [-0.05, 0) is 182 Å². The van der Waals surface area contributed by atoms with Crippen molar-refractivity contribution in [1.29, 1.82) is 0 Å². The molecule has 4 saturated carbocycles. The second-order valence-electron chi connectivity index (χ2n) is 32.4. The molecule has 2 aliphatic heterocycles. The number of halogens is 3. The zero-order valence-corrected chi connectivity index (χ0v) is 77.0. The van der Waals surface area contributed by atoms with E-state index in [2.05, 4.69) is 325 Å². The molecular weight excluding hydrogens is 1750 g/mol. The van der Waals surface area contributed by atoms with Crippen LogP contribution in [0.5, 0.6) is 0 Å². The number of unbranched alkanes of at least 4 members (excludes halogenated alkanes) is 3. The van der Waals surface area contributed by atoms with Gasteiger partial charge in [-0.25, -0.2) is 0 Å². The largest absolute Gasteiger partial charge is 0.0622 e. The Kier molecular flexibility index (Phi) is 31.2. The maximum Gasteiger partial charge on any atom is -0.0134 e. The topological polar surface area (TPSA) is 95.2 Å². The smallest absolute Gasteiger partial charge is 0.0134 e. The monoisotopic (exact) mass is 1860 g/mol. The van der Waals surface area contributed by atoms with Crippen LogP contribution in [0.4, 0.5) is 0 Å². The molecule has 6 nitrogen and oxygen atoms in total. The van der Waals surface area contributed by atoms with Gasteiger partial charge in [-0.15, -0.1) is 0 Å². The molecule has 598 valence electrons. The Morgan fingerprint density at radius 3 is 1.09 bits per heavy atom. The first-order valence-corrected chi connectivity index (χ1v) is 56.9. The number of fused-ring (bicyclic) bond motifs is 10. The van der Waals surface area contributed by atoms with Crippen LogP contribution < -0.4 is 43.3 Å². The quantitative estimate of drug-likeness (QED) is 0.0539. The van der Waals surface area contributed by atoms with Crippen molar-refractivity contribution in [3.05, 3.63) is 321 Å². The van der Waals surface area contributed by atoms with Crippen molar-refractivity contribution in [2.75, 3.05) is 14.2 Å². The van der Waals surface area contributed by atoms with Crippen LogP contribution in [0.2, 0.25) is 13.3 Å². The molecule has 0 amide bonds. The summed E-state index contributed by atoms with van der Waals surface area (Å²) in [4.78, 5) is 10.5. The molecule has 4 N–H and O–H groups in total. The van der Waals surface area contributed by atoms with E-state index in [0.717, 1.165) is 91.3 Å². The van der Waals surface area contributed by atoms with Crippen molar-refractivity contribution >= 4 is 113 Å². The number of hydrogen-bond donors (Lipinski definition) is 2. The minimum Gasteiger partial charge on any atom is -0.0622 e.